The van der Waals surface area contributed by atoms with E-state index in [1.165, 1.54) is 12.1 Å². The fourth-order valence-electron chi connectivity index (χ4n) is 3.55. The first-order valence-corrected chi connectivity index (χ1v) is 10.0. The van der Waals surface area contributed by atoms with Crippen molar-refractivity contribution in [3.63, 3.8) is 0 Å². The van der Waals surface area contributed by atoms with E-state index in [1.807, 2.05) is 73.8 Å². The standard InChI is InChI=1S/C26H24FNO2/c1-18(29-2)14-21-16-28-25-15-23(30-17-19-6-4-3-5-7-19)12-13-24(25)26(21)20-8-10-22(27)11-9-20/h3-13,15-16,18H,14,17H2,1-2H3. The molecule has 0 spiro atoms. The molecule has 1 unspecified atom stereocenters. The maximum atomic E-state index is 13.5. The highest BCUT2D eigenvalue weighted by Crippen LogP contribution is 2.34. The van der Waals surface area contributed by atoms with Crippen molar-refractivity contribution < 1.29 is 13.9 Å². The first-order chi connectivity index (χ1) is 14.6. The SMILES string of the molecule is COC(C)Cc1cnc2cc(OCc3ccccc3)ccc2c1-c1ccc(F)cc1. The zero-order valence-corrected chi connectivity index (χ0v) is 17.1. The molecule has 4 heteroatoms. The third-order valence-electron chi connectivity index (χ3n) is 5.21. The molecule has 4 aromatic rings. The number of halogens is 1. The summed E-state index contributed by atoms with van der Waals surface area (Å²) >= 11 is 0. The maximum Gasteiger partial charge on any atom is 0.123 e. The van der Waals surface area contributed by atoms with Gasteiger partial charge in [-0.25, -0.2) is 4.39 Å². The van der Waals surface area contributed by atoms with Gasteiger partial charge in [0.1, 0.15) is 18.2 Å². The van der Waals surface area contributed by atoms with Crippen LogP contribution in [0.5, 0.6) is 5.75 Å². The van der Waals surface area contributed by atoms with Crippen molar-refractivity contribution in [2.75, 3.05) is 7.11 Å². The molecule has 0 N–H and O–H groups in total. The third-order valence-corrected chi connectivity index (χ3v) is 5.21. The van der Waals surface area contributed by atoms with Crippen LogP contribution in [0.3, 0.4) is 0 Å². The molecule has 0 bridgehead atoms. The Balaban J connectivity index is 1.72. The Labute approximate surface area is 176 Å². The van der Waals surface area contributed by atoms with E-state index in [-0.39, 0.29) is 11.9 Å². The number of ether oxygens (including phenoxy) is 2. The largest absolute Gasteiger partial charge is 0.489 e. The molecule has 0 aliphatic heterocycles. The van der Waals surface area contributed by atoms with Crippen molar-refractivity contribution >= 4 is 10.9 Å². The summed E-state index contributed by atoms with van der Waals surface area (Å²) in [6, 6.07) is 22.6. The van der Waals surface area contributed by atoms with Crippen LogP contribution in [-0.2, 0) is 17.8 Å². The van der Waals surface area contributed by atoms with Crippen LogP contribution in [0.15, 0.2) is 79.0 Å². The minimum absolute atomic E-state index is 0.0527. The van der Waals surface area contributed by atoms with E-state index in [0.717, 1.165) is 45.3 Å². The number of hydrogen-bond donors (Lipinski definition) is 0. The zero-order valence-electron chi connectivity index (χ0n) is 17.1. The van der Waals surface area contributed by atoms with Crippen molar-refractivity contribution in [1.82, 2.24) is 4.98 Å². The van der Waals surface area contributed by atoms with Crippen LogP contribution >= 0.6 is 0 Å². The second kappa shape index (κ2) is 9.06. The van der Waals surface area contributed by atoms with Crippen molar-refractivity contribution in [3.05, 3.63) is 95.9 Å². The molecule has 1 atom stereocenters. The van der Waals surface area contributed by atoms with Gasteiger partial charge in [0.2, 0.25) is 0 Å². The fraction of sp³-hybridized carbons (Fsp3) is 0.192. The quantitative estimate of drug-likeness (QED) is 0.370. The minimum Gasteiger partial charge on any atom is -0.489 e. The average Bonchev–Trinajstić information content (AvgIpc) is 2.79. The Bertz CT molecular complexity index is 1130. The zero-order chi connectivity index (χ0) is 20.9. The smallest absolute Gasteiger partial charge is 0.123 e. The molecule has 0 fully saturated rings. The van der Waals surface area contributed by atoms with E-state index in [4.69, 9.17) is 9.47 Å². The number of fused-ring (bicyclic) bond motifs is 1. The van der Waals surface area contributed by atoms with E-state index < -0.39 is 0 Å². The van der Waals surface area contributed by atoms with Crippen LogP contribution in [0.25, 0.3) is 22.0 Å². The van der Waals surface area contributed by atoms with Crippen LogP contribution in [0.2, 0.25) is 0 Å². The van der Waals surface area contributed by atoms with Crippen molar-refractivity contribution in [2.45, 2.75) is 26.1 Å². The Morgan fingerprint density at radius 2 is 1.73 bits per heavy atom. The van der Waals surface area contributed by atoms with Gasteiger partial charge >= 0.3 is 0 Å². The summed E-state index contributed by atoms with van der Waals surface area (Å²) in [5.74, 6) is 0.516. The Hall–Kier alpha value is -3.24. The van der Waals surface area contributed by atoms with Gasteiger partial charge in [0, 0.05) is 31.2 Å². The second-order valence-electron chi connectivity index (χ2n) is 7.37. The monoisotopic (exact) mass is 401 g/mol. The molecule has 0 amide bonds. The molecule has 3 aromatic carbocycles. The maximum absolute atomic E-state index is 13.5. The lowest BCUT2D eigenvalue weighted by Crippen LogP contribution is -2.10. The van der Waals surface area contributed by atoms with Crippen LogP contribution in [0.4, 0.5) is 4.39 Å². The molecule has 0 saturated heterocycles. The lowest BCUT2D eigenvalue weighted by Gasteiger charge is -2.16. The summed E-state index contributed by atoms with van der Waals surface area (Å²) in [5.41, 5.74) is 5.04. The summed E-state index contributed by atoms with van der Waals surface area (Å²) in [5, 5.41) is 1.01. The molecule has 1 aromatic heterocycles. The fourth-order valence-corrected chi connectivity index (χ4v) is 3.55. The summed E-state index contributed by atoms with van der Waals surface area (Å²) in [4.78, 5) is 4.68. The second-order valence-corrected chi connectivity index (χ2v) is 7.37. The number of methoxy groups -OCH3 is 1. The third kappa shape index (κ3) is 4.50. The molecule has 0 radical (unpaired) electrons. The highest BCUT2D eigenvalue weighted by atomic mass is 19.1. The molecule has 0 aliphatic rings. The van der Waals surface area contributed by atoms with Gasteiger partial charge in [0.15, 0.2) is 0 Å². The molecule has 4 rings (SSSR count). The topological polar surface area (TPSA) is 31.4 Å². The number of nitrogens with zero attached hydrogens (tertiary/aromatic N) is 1. The van der Waals surface area contributed by atoms with Crippen molar-refractivity contribution in [1.29, 1.82) is 0 Å². The van der Waals surface area contributed by atoms with Crippen molar-refractivity contribution in [3.8, 4) is 16.9 Å². The van der Waals surface area contributed by atoms with Crippen LogP contribution in [-0.4, -0.2) is 18.2 Å². The van der Waals surface area contributed by atoms with Gasteiger partial charge < -0.3 is 9.47 Å². The number of hydrogen-bond acceptors (Lipinski definition) is 3. The Morgan fingerprint density at radius 1 is 0.967 bits per heavy atom. The first kappa shape index (κ1) is 20.0. The molecule has 0 aliphatic carbocycles. The average molecular weight is 401 g/mol. The summed E-state index contributed by atoms with van der Waals surface area (Å²) in [6.45, 7) is 2.53. The van der Waals surface area contributed by atoms with Gasteiger partial charge in [-0.15, -0.1) is 0 Å². The van der Waals surface area contributed by atoms with E-state index in [2.05, 4.69) is 4.98 Å². The predicted molar refractivity (Wildman–Crippen MR) is 118 cm³/mol. The normalized spacial score (nSPS) is 12.1. The number of pyridine rings is 1. The summed E-state index contributed by atoms with van der Waals surface area (Å²) in [7, 11) is 1.70. The minimum atomic E-state index is -0.250. The highest BCUT2D eigenvalue weighted by Gasteiger charge is 2.14. The van der Waals surface area contributed by atoms with Gasteiger partial charge in [-0.3, -0.25) is 4.98 Å². The van der Waals surface area contributed by atoms with E-state index in [1.54, 1.807) is 7.11 Å². The summed E-state index contributed by atoms with van der Waals surface area (Å²) in [6.07, 6.45) is 2.66. The number of aromatic nitrogens is 1. The first-order valence-electron chi connectivity index (χ1n) is 10.0. The van der Waals surface area contributed by atoms with Crippen LogP contribution in [0, 0.1) is 5.82 Å². The van der Waals surface area contributed by atoms with Crippen LogP contribution < -0.4 is 4.74 Å². The molecule has 3 nitrogen and oxygen atoms in total. The molecular formula is C26H24FNO2. The lowest BCUT2D eigenvalue weighted by molar-refractivity contribution is 0.119. The molecular weight excluding hydrogens is 377 g/mol. The molecule has 30 heavy (non-hydrogen) atoms. The van der Waals surface area contributed by atoms with Gasteiger partial charge in [0.25, 0.3) is 0 Å². The Morgan fingerprint density at radius 3 is 2.47 bits per heavy atom. The number of benzene rings is 3. The van der Waals surface area contributed by atoms with Crippen molar-refractivity contribution in [2.24, 2.45) is 0 Å². The number of rotatable bonds is 7. The van der Waals surface area contributed by atoms with Gasteiger partial charge in [-0.2, -0.15) is 0 Å². The van der Waals surface area contributed by atoms with Gasteiger partial charge in [-0.05, 0) is 53.4 Å². The molecule has 152 valence electrons. The molecule has 0 saturated carbocycles. The lowest BCUT2D eigenvalue weighted by atomic mass is 9.93. The van der Waals surface area contributed by atoms with Gasteiger partial charge in [-0.1, -0.05) is 42.5 Å². The predicted octanol–water partition coefficient (Wildman–Crippen LogP) is 6.20. The molecule has 1 heterocycles. The highest BCUT2D eigenvalue weighted by molar-refractivity contribution is 5.96. The van der Waals surface area contributed by atoms with E-state index >= 15 is 0 Å². The van der Waals surface area contributed by atoms with Gasteiger partial charge in [0.05, 0.1) is 11.6 Å². The van der Waals surface area contributed by atoms with E-state index in [0.29, 0.717) is 6.61 Å². The van der Waals surface area contributed by atoms with E-state index in [9.17, 15) is 4.39 Å². The van der Waals surface area contributed by atoms with Crippen LogP contribution in [0.1, 0.15) is 18.1 Å². The summed E-state index contributed by atoms with van der Waals surface area (Å²) < 4.78 is 24.9. The Kier molecular flexibility index (Phi) is 6.05.